The van der Waals surface area contributed by atoms with E-state index in [1.807, 2.05) is 5.43 Å². The highest BCUT2D eigenvalue weighted by molar-refractivity contribution is 5.10. The molecular weight excluding hydrogens is 166 g/mol. The molecule has 68 valence electrons. The van der Waals surface area contributed by atoms with Gasteiger partial charge in [-0.3, -0.25) is 10.5 Å². The first-order valence-electron chi connectivity index (χ1n) is 3.38. The van der Waals surface area contributed by atoms with Crippen LogP contribution in [0, 0.1) is 0 Å². The fraction of sp³-hybridized carbons (Fsp3) is 0.500. The summed E-state index contributed by atoms with van der Waals surface area (Å²) in [6.07, 6.45) is 0.326. The zero-order valence-electron chi connectivity index (χ0n) is 6.54. The van der Waals surface area contributed by atoms with Crippen LogP contribution in [0.1, 0.15) is 11.6 Å². The van der Waals surface area contributed by atoms with Gasteiger partial charge < -0.3 is 0 Å². The van der Waals surface area contributed by atoms with Crippen LogP contribution in [0.3, 0.4) is 0 Å². The Labute approximate surface area is 68.3 Å². The van der Waals surface area contributed by atoms with Crippen molar-refractivity contribution in [3.63, 3.8) is 0 Å². The van der Waals surface area contributed by atoms with E-state index in [4.69, 9.17) is 5.84 Å². The van der Waals surface area contributed by atoms with Crippen molar-refractivity contribution in [2.75, 3.05) is 0 Å². The molecule has 1 aromatic rings. The van der Waals surface area contributed by atoms with Gasteiger partial charge in [0.2, 0.25) is 0 Å². The van der Waals surface area contributed by atoms with Gasteiger partial charge in [-0.25, -0.2) is 14.2 Å². The smallest absolute Gasteiger partial charge is 0.259 e. The predicted molar refractivity (Wildman–Crippen MR) is 39.3 cm³/mol. The molecule has 0 aromatic carbocycles. The molecule has 0 saturated carbocycles. The Balaban J connectivity index is 2.80. The van der Waals surface area contributed by atoms with Crippen molar-refractivity contribution < 1.29 is 8.78 Å². The van der Waals surface area contributed by atoms with Gasteiger partial charge >= 0.3 is 0 Å². The molecule has 0 radical (unpaired) electrons. The van der Waals surface area contributed by atoms with Crippen molar-refractivity contribution in [2.24, 2.45) is 12.9 Å². The lowest BCUT2D eigenvalue weighted by Crippen LogP contribution is -2.32. The van der Waals surface area contributed by atoms with Crippen molar-refractivity contribution in [2.45, 2.75) is 12.5 Å². The number of aryl methyl sites for hydroxylation is 1. The molecule has 1 heterocycles. The molecule has 0 aliphatic heterocycles. The van der Waals surface area contributed by atoms with E-state index >= 15 is 0 Å². The first-order chi connectivity index (χ1) is 5.65. The molecule has 1 atom stereocenters. The SMILES string of the molecule is Cn1cc(C(NN)C(F)F)cn1. The van der Waals surface area contributed by atoms with E-state index in [-0.39, 0.29) is 0 Å². The van der Waals surface area contributed by atoms with Gasteiger partial charge in [0.25, 0.3) is 6.43 Å². The maximum Gasteiger partial charge on any atom is 0.259 e. The van der Waals surface area contributed by atoms with Crippen molar-refractivity contribution >= 4 is 0 Å². The summed E-state index contributed by atoms with van der Waals surface area (Å²) >= 11 is 0. The van der Waals surface area contributed by atoms with Gasteiger partial charge in [0.15, 0.2) is 0 Å². The highest BCUT2D eigenvalue weighted by Gasteiger charge is 2.21. The molecule has 1 unspecified atom stereocenters. The maximum absolute atomic E-state index is 12.2. The van der Waals surface area contributed by atoms with Gasteiger partial charge in [0.1, 0.15) is 6.04 Å². The van der Waals surface area contributed by atoms with Crippen molar-refractivity contribution in [3.8, 4) is 0 Å². The minimum absolute atomic E-state index is 0.384. The Hall–Kier alpha value is -1.01. The summed E-state index contributed by atoms with van der Waals surface area (Å²) in [6, 6.07) is -1.14. The highest BCUT2D eigenvalue weighted by Crippen LogP contribution is 2.18. The molecule has 1 aromatic heterocycles. The number of halogens is 2. The molecule has 12 heavy (non-hydrogen) atoms. The van der Waals surface area contributed by atoms with Crippen LogP contribution in [0.25, 0.3) is 0 Å². The second-order valence-electron chi connectivity index (χ2n) is 2.43. The Bertz CT molecular complexity index is 247. The molecule has 0 fully saturated rings. The molecule has 0 bridgehead atoms. The average Bonchev–Trinajstić information content (AvgIpc) is 2.37. The minimum Gasteiger partial charge on any atom is -0.275 e. The molecule has 0 amide bonds. The van der Waals surface area contributed by atoms with Crippen LogP contribution in [0.4, 0.5) is 8.78 Å². The second kappa shape index (κ2) is 3.59. The third kappa shape index (κ3) is 1.77. The van der Waals surface area contributed by atoms with Gasteiger partial charge in [-0.2, -0.15) is 5.10 Å². The highest BCUT2D eigenvalue weighted by atomic mass is 19.3. The lowest BCUT2D eigenvalue weighted by molar-refractivity contribution is 0.0986. The third-order valence-electron chi connectivity index (χ3n) is 1.52. The number of nitrogens with one attached hydrogen (secondary N) is 1. The van der Waals surface area contributed by atoms with Crippen molar-refractivity contribution in [3.05, 3.63) is 18.0 Å². The van der Waals surface area contributed by atoms with Crippen LogP contribution in [-0.2, 0) is 7.05 Å². The number of alkyl halides is 2. The Morgan fingerprint density at radius 2 is 2.33 bits per heavy atom. The fourth-order valence-corrected chi connectivity index (χ4v) is 0.915. The van der Waals surface area contributed by atoms with Crippen molar-refractivity contribution in [1.82, 2.24) is 15.2 Å². The van der Waals surface area contributed by atoms with Crippen LogP contribution in [0.5, 0.6) is 0 Å². The zero-order valence-corrected chi connectivity index (χ0v) is 6.54. The van der Waals surface area contributed by atoms with Crippen molar-refractivity contribution in [1.29, 1.82) is 0 Å². The summed E-state index contributed by atoms with van der Waals surface area (Å²) in [7, 11) is 1.66. The third-order valence-corrected chi connectivity index (χ3v) is 1.52. The number of hydrogen-bond donors (Lipinski definition) is 2. The van der Waals surface area contributed by atoms with Gasteiger partial charge in [-0.05, 0) is 0 Å². The van der Waals surface area contributed by atoms with Gasteiger partial charge in [-0.15, -0.1) is 0 Å². The van der Waals surface area contributed by atoms with Gasteiger partial charge in [0.05, 0.1) is 6.20 Å². The van der Waals surface area contributed by atoms with Crippen LogP contribution in [0.15, 0.2) is 12.4 Å². The number of rotatable bonds is 3. The van der Waals surface area contributed by atoms with Crippen LogP contribution >= 0.6 is 0 Å². The summed E-state index contributed by atoms with van der Waals surface area (Å²) in [5, 5.41) is 3.76. The summed E-state index contributed by atoms with van der Waals surface area (Å²) in [5.41, 5.74) is 2.41. The van der Waals surface area contributed by atoms with Crippen LogP contribution in [-0.4, -0.2) is 16.2 Å². The molecule has 4 nitrogen and oxygen atoms in total. The minimum atomic E-state index is -2.53. The van der Waals surface area contributed by atoms with Gasteiger partial charge in [0, 0.05) is 18.8 Å². The molecule has 3 N–H and O–H groups in total. The number of aromatic nitrogens is 2. The average molecular weight is 176 g/mol. The predicted octanol–water partition coefficient (Wildman–Crippen LogP) is 0.190. The number of hydrogen-bond acceptors (Lipinski definition) is 3. The number of nitrogens with two attached hydrogens (primary N) is 1. The van der Waals surface area contributed by atoms with E-state index < -0.39 is 12.5 Å². The maximum atomic E-state index is 12.2. The fourth-order valence-electron chi connectivity index (χ4n) is 0.915. The zero-order chi connectivity index (χ0) is 9.14. The summed E-state index contributed by atoms with van der Waals surface area (Å²) in [6.45, 7) is 0. The van der Waals surface area contributed by atoms with Crippen LogP contribution < -0.4 is 11.3 Å². The number of hydrazine groups is 1. The quantitative estimate of drug-likeness (QED) is 0.510. The Morgan fingerprint density at radius 3 is 2.67 bits per heavy atom. The van der Waals surface area contributed by atoms with Gasteiger partial charge in [-0.1, -0.05) is 0 Å². The lowest BCUT2D eigenvalue weighted by Gasteiger charge is -2.11. The lowest BCUT2D eigenvalue weighted by atomic mass is 10.2. The van der Waals surface area contributed by atoms with E-state index in [0.29, 0.717) is 5.56 Å². The topological polar surface area (TPSA) is 55.9 Å². The normalized spacial score (nSPS) is 13.8. The largest absolute Gasteiger partial charge is 0.275 e. The molecule has 0 aliphatic rings. The molecule has 0 spiro atoms. The molecule has 1 rings (SSSR count). The summed E-state index contributed by atoms with van der Waals surface area (Å²) in [4.78, 5) is 0. The summed E-state index contributed by atoms with van der Waals surface area (Å²) < 4.78 is 25.9. The first kappa shape index (κ1) is 9.08. The monoisotopic (exact) mass is 176 g/mol. The molecule has 0 saturated heterocycles. The number of nitrogens with zero attached hydrogens (tertiary/aromatic N) is 2. The Kier molecular flexibility index (Phi) is 2.72. The van der Waals surface area contributed by atoms with Crippen LogP contribution in [0.2, 0.25) is 0 Å². The summed E-state index contributed by atoms with van der Waals surface area (Å²) in [5.74, 6) is 4.95. The van der Waals surface area contributed by atoms with E-state index in [9.17, 15) is 8.78 Å². The molecule has 6 heteroatoms. The Morgan fingerprint density at radius 1 is 1.67 bits per heavy atom. The molecular formula is C6H10F2N4. The second-order valence-corrected chi connectivity index (χ2v) is 2.43. The van der Waals surface area contributed by atoms with E-state index in [0.717, 1.165) is 0 Å². The molecule has 0 aliphatic carbocycles. The van der Waals surface area contributed by atoms with E-state index in [2.05, 4.69) is 5.10 Å². The first-order valence-corrected chi connectivity index (χ1v) is 3.38. The van der Waals surface area contributed by atoms with E-state index in [1.165, 1.54) is 17.1 Å². The standard InChI is InChI=1S/C6H10F2N4/c1-12-3-4(2-10-12)5(11-9)6(7)8/h2-3,5-6,11H,9H2,1H3. The van der Waals surface area contributed by atoms with E-state index in [1.54, 1.807) is 7.05 Å².